The van der Waals surface area contributed by atoms with Gasteiger partial charge in [-0.2, -0.15) is 0 Å². The smallest absolute Gasteiger partial charge is 0.239 e. The van der Waals surface area contributed by atoms with E-state index in [0.29, 0.717) is 23.3 Å². The van der Waals surface area contributed by atoms with Gasteiger partial charge in [0.15, 0.2) is 5.82 Å². The van der Waals surface area contributed by atoms with Gasteiger partial charge < -0.3 is 20.1 Å². The molecule has 1 fully saturated rings. The Morgan fingerprint density at radius 2 is 2.03 bits per heavy atom. The van der Waals surface area contributed by atoms with Gasteiger partial charge in [0.05, 0.1) is 12.1 Å². The molecule has 0 aliphatic heterocycles. The van der Waals surface area contributed by atoms with Crippen LogP contribution in [0, 0.1) is 0 Å². The van der Waals surface area contributed by atoms with Crippen LogP contribution in [0.3, 0.4) is 0 Å². The second kappa shape index (κ2) is 9.40. The van der Waals surface area contributed by atoms with Gasteiger partial charge in [0.25, 0.3) is 0 Å². The number of aromatic nitrogens is 3. The summed E-state index contributed by atoms with van der Waals surface area (Å²) in [6.07, 6.45) is 9.02. The summed E-state index contributed by atoms with van der Waals surface area (Å²) < 4.78 is 5.71. The first-order valence-electron chi connectivity index (χ1n) is 11.5. The molecule has 4 rings (SSSR count). The number of amides is 1. The van der Waals surface area contributed by atoms with E-state index in [1.54, 1.807) is 32.2 Å². The molecule has 2 heterocycles. The van der Waals surface area contributed by atoms with E-state index in [4.69, 9.17) is 14.7 Å². The van der Waals surface area contributed by atoms with Crippen molar-refractivity contribution in [3.63, 3.8) is 0 Å². The highest BCUT2D eigenvalue weighted by Crippen LogP contribution is 2.31. The number of nitrogens with zero attached hydrogens (tertiary/aromatic N) is 4. The average molecular weight is 440 g/mol. The number of hydrogen-bond acceptors (Lipinski definition) is 7. The Balaban J connectivity index is 1.55. The van der Waals surface area contributed by atoms with Gasteiger partial charge in [-0.25, -0.2) is 9.97 Å². The van der Waals surface area contributed by atoms with Crippen molar-refractivity contribution in [2.24, 2.45) is 0 Å². The minimum absolute atomic E-state index is 0.0337. The van der Waals surface area contributed by atoms with Gasteiger partial charge in [-0.3, -0.25) is 9.78 Å². The molecule has 2 aromatic heterocycles. The van der Waals surface area contributed by atoms with Crippen molar-refractivity contribution >= 4 is 11.7 Å². The standard InChI is InChI=1S/C24H33N5O3/c1-24(2,31)15-32-17-11-12-25-20(13-17)22-27-19-10-6-9-18(19)23(28-22)29(3)14-21(30)26-16-7-4-5-8-16/h11-13,16,31H,4-10,14-15H2,1-3H3,(H,26,30). The molecule has 2 N–H and O–H groups in total. The average Bonchev–Trinajstić information content (AvgIpc) is 3.42. The minimum Gasteiger partial charge on any atom is -0.490 e. The number of rotatable bonds is 8. The van der Waals surface area contributed by atoms with E-state index in [1.165, 1.54) is 12.8 Å². The Morgan fingerprint density at radius 3 is 2.78 bits per heavy atom. The minimum atomic E-state index is -0.928. The summed E-state index contributed by atoms with van der Waals surface area (Å²) >= 11 is 0. The largest absolute Gasteiger partial charge is 0.490 e. The number of hydrogen-bond donors (Lipinski definition) is 2. The molecule has 2 aliphatic carbocycles. The van der Waals surface area contributed by atoms with Crippen molar-refractivity contribution in [3.8, 4) is 17.3 Å². The lowest BCUT2D eigenvalue weighted by molar-refractivity contribution is -0.120. The Bertz CT molecular complexity index is 967. The van der Waals surface area contributed by atoms with Crippen molar-refractivity contribution in [2.45, 2.75) is 70.4 Å². The number of likely N-dealkylation sites (N-methyl/N-ethyl adjacent to an activating group) is 1. The van der Waals surface area contributed by atoms with Crippen molar-refractivity contribution in [1.29, 1.82) is 0 Å². The predicted molar refractivity (Wildman–Crippen MR) is 123 cm³/mol. The number of nitrogens with one attached hydrogen (secondary N) is 1. The lowest BCUT2D eigenvalue weighted by Gasteiger charge is -2.22. The van der Waals surface area contributed by atoms with Gasteiger partial charge in [-0.15, -0.1) is 0 Å². The second-order valence-corrected chi connectivity index (χ2v) is 9.53. The first-order valence-corrected chi connectivity index (χ1v) is 11.5. The van der Waals surface area contributed by atoms with Gasteiger partial charge >= 0.3 is 0 Å². The van der Waals surface area contributed by atoms with Crippen LogP contribution >= 0.6 is 0 Å². The van der Waals surface area contributed by atoms with E-state index in [0.717, 1.165) is 49.2 Å². The van der Waals surface area contributed by atoms with Crippen LogP contribution in [0.4, 0.5) is 5.82 Å². The molecule has 2 aliphatic rings. The molecule has 0 bridgehead atoms. The predicted octanol–water partition coefficient (Wildman–Crippen LogP) is 2.67. The highest BCUT2D eigenvalue weighted by atomic mass is 16.5. The molecule has 8 heteroatoms. The highest BCUT2D eigenvalue weighted by molar-refractivity contribution is 5.81. The zero-order valence-electron chi connectivity index (χ0n) is 19.2. The second-order valence-electron chi connectivity index (χ2n) is 9.53. The van der Waals surface area contributed by atoms with Gasteiger partial charge in [0.1, 0.15) is 23.9 Å². The molecule has 1 saturated carbocycles. The molecular weight excluding hydrogens is 406 g/mol. The fraction of sp³-hybridized carbons (Fsp3) is 0.583. The summed E-state index contributed by atoms with van der Waals surface area (Å²) in [7, 11) is 1.91. The SMILES string of the molecule is CN(CC(=O)NC1CCCC1)c1nc(-c2cc(OCC(C)(C)O)ccn2)nc2c1CCC2. The monoisotopic (exact) mass is 439 g/mol. The normalized spacial score (nSPS) is 16.1. The lowest BCUT2D eigenvalue weighted by Crippen LogP contribution is -2.40. The number of aryl methyl sites for hydroxylation is 1. The summed E-state index contributed by atoms with van der Waals surface area (Å²) in [6.45, 7) is 3.83. The summed E-state index contributed by atoms with van der Waals surface area (Å²) in [5.41, 5.74) is 1.83. The third kappa shape index (κ3) is 5.54. The van der Waals surface area contributed by atoms with Crippen LogP contribution in [0.15, 0.2) is 18.3 Å². The molecule has 0 saturated heterocycles. The molecule has 1 amide bonds. The molecule has 0 radical (unpaired) electrons. The third-order valence-corrected chi connectivity index (χ3v) is 5.93. The maximum atomic E-state index is 12.6. The first kappa shape index (κ1) is 22.5. The summed E-state index contributed by atoms with van der Waals surface area (Å²) in [4.78, 5) is 28.5. The molecular formula is C24H33N5O3. The van der Waals surface area contributed by atoms with Crippen molar-refractivity contribution < 1.29 is 14.6 Å². The van der Waals surface area contributed by atoms with E-state index in [1.807, 2.05) is 11.9 Å². The molecule has 0 spiro atoms. The highest BCUT2D eigenvalue weighted by Gasteiger charge is 2.25. The van der Waals surface area contributed by atoms with E-state index in [9.17, 15) is 9.90 Å². The number of fused-ring (bicyclic) bond motifs is 1. The molecule has 172 valence electrons. The molecule has 2 aromatic rings. The van der Waals surface area contributed by atoms with Crippen LogP contribution in [-0.2, 0) is 17.6 Å². The van der Waals surface area contributed by atoms with Crippen molar-refractivity contribution in [1.82, 2.24) is 20.3 Å². The Kier molecular flexibility index (Phi) is 6.60. The molecule has 32 heavy (non-hydrogen) atoms. The number of carbonyl (C=O) groups is 1. The maximum absolute atomic E-state index is 12.6. The van der Waals surface area contributed by atoms with Crippen LogP contribution < -0.4 is 15.0 Å². The summed E-state index contributed by atoms with van der Waals surface area (Å²) in [5, 5.41) is 13.1. The first-order chi connectivity index (χ1) is 15.3. The number of ether oxygens (including phenoxy) is 1. The molecule has 0 atom stereocenters. The number of anilines is 1. The fourth-order valence-corrected chi connectivity index (χ4v) is 4.36. The van der Waals surface area contributed by atoms with E-state index >= 15 is 0 Å². The van der Waals surface area contributed by atoms with Crippen LogP contribution in [0.25, 0.3) is 11.5 Å². The Labute approximate surface area is 189 Å². The lowest BCUT2D eigenvalue weighted by atomic mass is 10.2. The van der Waals surface area contributed by atoms with Crippen LogP contribution in [0.1, 0.15) is 57.2 Å². The van der Waals surface area contributed by atoms with Crippen LogP contribution in [-0.4, -0.2) is 57.8 Å². The quantitative estimate of drug-likeness (QED) is 0.652. The van der Waals surface area contributed by atoms with Crippen molar-refractivity contribution in [3.05, 3.63) is 29.6 Å². The van der Waals surface area contributed by atoms with E-state index in [-0.39, 0.29) is 19.1 Å². The van der Waals surface area contributed by atoms with Crippen LogP contribution in [0.2, 0.25) is 0 Å². The van der Waals surface area contributed by atoms with Gasteiger partial charge in [0, 0.05) is 36.6 Å². The third-order valence-electron chi connectivity index (χ3n) is 5.93. The zero-order valence-corrected chi connectivity index (χ0v) is 19.2. The van der Waals surface area contributed by atoms with Crippen LogP contribution in [0.5, 0.6) is 5.75 Å². The topological polar surface area (TPSA) is 100 Å². The fourth-order valence-electron chi connectivity index (χ4n) is 4.36. The maximum Gasteiger partial charge on any atom is 0.239 e. The van der Waals surface area contributed by atoms with E-state index in [2.05, 4.69) is 10.3 Å². The zero-order chi connectivity index (χ0) is 22.7. The Morgan fingerprint density at radius 1 is 1.25 bits per heavy atom. The van der Waals surface area contributed by atoms with Gasteiger partial charge in [-0.05, 0) is 52.0 Å². The van der Waals surface area contributed by atoms with Gasteiger partial charge in [0.2, 0.25) is 5.91 Å². The molecule has 8 nitrogen and oxygen atoms in total. The number of carbonyl (C=O) groups excluding carboxylic acids is 1. The van der Waals surface area contributed by atoms with Gasteiger partial charge in [-0.1, -0.05) is 12.8 Å². The van der Waals surface area contributed by atoms with Crippen molar-refractivity contribution in [2.75, 3.05) is 25.1 Å². The molecule has 0 unspecified atom stereocenters. The summed E-state index contributed by atoms with van der Waals surface area (Å²) in [6, 6.07) is 3.85. The van der Waals surface area contributed by atoms with E-state index < -0.39 is 5.60 Å². The number of aliphatic hydroxyl groups is 1. The number of pyridine rings is 1. The Hall–Kier alpha value is -2.74. The molecule has 0 aromatic carbocycles. The summed E-state index contributed by atoms with van der Waals surface area (Å²) in [5.74, 6) is 1.96.